The zero-order valence-corrected chi connectivity index (χ0v) is 15.6. The van der Waals surface area contributed by atoms with Crippen LogP contribution in [0, 0.1) is 5.92 Å². The second-order valence-electron chi connectivity index (χ2n) is 6.80. The number of ether oxygens (including phenoxy) is 2. The lowest BCUT2D eigenvalue weighted by Gasteiger charge is -2.09. The lowest BCUT2D eigenvalue weighted by Crippen LogP contribution is -2.20. The van der Waals surface area contributed by atoms with Gasteiger partial charge in [0.1, 0.15) is 5.75 Å². The molecule has 0 bridgehead atoms. The molecule has 1 aliphatic rings. The molecular formula is C22H25NO4. The van der Waals surface area contributed by atoms with Crippen molar-refractivity contribution in [3.8, 4) is 5.75 Å². The highest BCUT2D eigenvalue weighted by Gasteiger charge is 2.21. The lowest BCUT2D eigenvalue weighted by atomic mass is 10.1. The molecule has 3 rings (SSSR count). The van der Waals surface area contributed by atoms with Crippen molar-refractivity contribution in [2.45, 2.75) is 32.8 Å². The molecule has 5 nitrogen and oxygen atoms in total. The number of Topliss-reactive ketones (excluding diaryl/α,β-unsaturated/α-hetero) is 1. The number of hydrogen-bond donors (Lipinski definition) is 1. The van der Waals surface area contributed by atoms with Crippen LogP contribution in [0.15, 0.2) is 48.5 Å². The molecule has 0 atom stereocenters. The van der Waals surface area contributed by atoms with Crippen molar-refractivity contribution >= 4 is 17.4 Å². The maximum atomic E-state index is 12.1. The van der Waals surface area contributed by atoms with E-state index in [-0.39, 0.29) is 18.3 Å². The zero-order valence-electron chi connectivity index (χ0n) is 15.6. The standard InChI is InChI=1S/C22H25NO4/c1-2-21(24)18-8-10-20(11-9-18)27-15-22(25)23-19-5-3-4-17(12-19)14-26-13-16-6-7-16/h3-5,8-12,16H,2,6-7,13-15H2,1H3,(H,23,25). The fourth-order valence-corrected chi connectivity index (χ4v) is 2.65. The van der Waals surface area contributed by atoms with Crippen molar-refractivity contribution in [2.24, 2.45) is 5.92 Å². The van der Waals surface area contributed by atoms with E-state index in [1.807, 2.05) is 31.2 Å². The number of rotatable bonds is 10. The summed E-state index contributed by atoms with van der Waals surface area (Å²) in [6, 6.07) is 14.5. The fourth-order valence-electron chi connectivity index (χ4n) is 2.65. The van der Waals surface area contributed by atoms with Crippen LogP contribution in [0.2, 0.25) is 0 Å². The van der Waals surface area contributed by atoms with Crippen molar-refractivity contribution < 1.29 is 19.1 Å². The molecule has 0 spiro atoms. The van der Waals surface area contributed by atoms with Crippen LogP contribution in [-0.2, 0) is 16.1 Å². The van der Waals surface area contributed by atoms with Crippen LogP contribution in [0.1, 0.15) is 42.1 Å². The minimum absolute atomic E-state index is 0.0836. The van der Waals surface area contributed by atoms with Gasteiger partial charge in [0.15, 0.2) is 12.4 Å². The van der Waals surface area contributed by atoms with Gasteiger partial charge in [-0.1, -0.05) is 19.1 Å². The summed E-state index contributed by atoms with van der Waals surface area (Å²) in [5, 5.41) is 2.83. The average Bonchev–Trinajstić information content (AvgIpc) is 3.51. The van der Waals surface area contributed by atoms with Gasteiger partial charge in [0.05, 0.1) is 6.61 Å². The first-order valence-electron chi connectivity index (χ1n) is 9.36. The number of carbonyl (C=O) groups excluding carboxylic acids is 2. The van der Waals surface area contributed by atoms with E-state index in [0.29, 0.717) is 24.3 Å². The first-order chi connectivity index (χ1) is 13.1. The maximum absolute atomic E-state index is 12.1. The third-order valence-corrected chi connectivity index (χ3v) is 4.40. The summed E-state index contributed by atoms with van der Waals surface area (Å²) < 4.78 is 11.2. The molecule has 27 heavy (non-hydrogen) atoms. The highest BCUT2D eigenvalue weighted by Crippen LogP contribution is 2.29. The predicted molar refractivity (Wildman–Crippen MR) is 104 cm³/mol. The zero-order chi connectivity index (χ0) is 19.1. The van der Waals surface area contributed by atoms with Crippen LogP contribution in [0.5, 0.6) is 5.75 Å². The Morgan fingerprint density at radius 1 is 1.11 bits per heavy atom. The van der Waals surface area contributed by atoms with Crippen LogP contribution in [0.4, 0.5) is 5.69 Å². The molecule has 1 amide bonds. The molecule has 0 unspecified atom stereocenters. The van der Waals surface area contributed by atoms with Crippen molar-refractivity contribution in [3.05, 3.63) is 59.7 Å². The van der Waals surface area contributed by atoms with E-state index in [4.69, 9.17) is 9.47 Å². The highest BCUT2D eigenvalue weighted by molar-refractivity contribution is 5.96. The van der Waals surface area contributed by atoms with E-state index in [0.717, 1.165) is 23.8 Å². The molecule has 5 heteroatoms. The van der Waals surface area contributed by atoms with Crippen molar-refractivity contribution in [3.63, 3.8) is 0 Å². The Kier molecular flexibility index (Phi) is 6.60. The van der Waals surface area contributed by atoms with Gasteiger partial charge >= 0.3 is 0 Å². The predicted octanol–water partition coefficient (Wildman–Crippen LogP) is 4.22. The summed E-state index contributed by atoms with van der Waals surface area (Å²) in [5.41, 5.74) is 2.40. The summed E-state index contributed by atoms with van der Waals surface area (Å²) in [6.45, 7) is 3.10. The fraction of sp³-hybridized carbons (Fsp3) is 0.364. The van der Waals surface area contributed by atoms with Gasteiger partial charge in [0.2, 0.25) is 0 Å². The number of amides is 1. The van der Waals surface area contributed by atoms with Crippen molar-refractivity contribution in [1.29, 1.82) is 0 Å². The van der Waals surface area contributed by atoms with E-state index in [2.05, 4.69) is 5.32 Å². The van der Waals surface area contributed by atoms with Gasteiger partial charge in [-0.15, -0.1) is 0 Å². The molecule has 142 valence electrons. The molecule has 1 fully saturated rings. The number of anilines is 1. The van der Waals surface area contributed by atoms with Crippen LogP contribution in [0.3, 0.4) is 0 Å². The van der Waals surface area contributed by atoms with Gasteiger partial charge in [0.25, 0.3) is 5.91 Å². The number of hydrogen-bond acceptors (Lipinski definition) is 4. The summed E-state index contributed by atoms with van der Waals surface area (Å²) in [4.78, 5) is 23.7. The Hall–Kier alpha value is -2.66. The van der Waals surface area contributed by atoms with Crippen molar-refractivity contribution in [1.82, 2.24) is 0 Å². The Morgan fingerprint density at radius 3 is 2.59 bits per heavy atom. The van der Waals surface area contributed by atoms with E-state index < -0.39 is 0 Å². The Labute approximate surface area is 159 Å². The van der Waals surface area contributed by atoms with Gasteiger partial charge in [-0.2, -0.15) is 0 Å². The molecule has 2 aromatic rings. The smallest absolute Gasteiger partial charge is 0.262 e. The number of benzene rings is 2. The second kappa shape index (κ2) is 9.33. The topological polar surface area (TPSA) is 64.6 Å². The van der Waals surface area contributed by atoms with Gasteiger partial charge < -0.3 is 14.8 Å². The molecule has 1 saturated carbocycles. The number of nitrogens with one attached hydrogen (secondary N) is 1. The molecular weight excluding hydrogens is 342 g/mol. The lowest BCUT2D eigenvalue weighted by molar-refractivity contribution is -0.118. The normalized spacial score (nSPS) is 13.2. The first kappa shape index (κ1) is 19.1. The van der Waals surface area contributed by atoms with E-state index >= 15 is 0 Å². The molecule has 0 aromatic heterocycles. The van der Waals surface area contributed by atoms with E-state index in [9.17, 15) is 9.59 Å². The number of ketones is 1. The van der Waals surface area contributed by atoms with Gasteiger partial charge in [0, 0.05) is 24.3 Å². The van der Waals surface area contributed by atoms with E-state index in [1.165, 1.54) is 12.8 Å². The van der Waals surface area contributed by atoms with Gasteiger partial charge in [-0.3, -0.25) is 9.59 Å². The molecule has 1 N–H and O–H groups in total. The third-order valence-electron chi connectivity index (χ3n) is 4.40. The van der Waals surface area contributed by atoms with Crippen LogP contribution in [-0.4, -0.2) is 24.9 Å². The van der Waals surface area contributed by atoms with E-state index in [1.54, 1.807) is 24.3 Å². The molecule has 0 aliphatic heterocycles. The summed E-state index contributed by atoms with van der Waals surface area (Å²) in [6.07, 6.45) is 3.01. The van der Waals surface area contributed by atoms with Crippen LogP contribution < -0.4 is 10.1 Å². The monoisotopic (exact) mass is 367 g/mol. The van der Waals surface area contributed by atoms with Crippen LogP contribution in [0.25, 0.3) is 0 Å². The van der Waals surface area contributed by atoms with Crippen LogP contribution >= 0.6 is 0 Å². The van der Waals surface area contributed by atoms with Crippen molar-refractivity contribution in [2.75, 3.05) is 18.5 Å². The maximum Gasteiger partial charge on any atom is 0.262 e. The Morgan fingerprint density at radius 2 is 1.89 bits per heavy atom. The largest absolute Gasteiger partial charge is 0.484 e. The van der Waals surface area contributed by atoms with Gasteiger partial charge in [-0.25, -0.2) is 0 Å². The second-order valence-corrected chi connectivity index (χ2v) is 6.80. The average molecular weight is 367 g/mol. The summed E-state index contributed by atoms with van der Waals surface area (Å²) >= 11 is 0. The SMILES string of the molecule is CCC(=O)c1ccc(OCC(=O)Nc2cccc(COCC3CC3)c2)cc1. The molecule has 0 saturated heterocycles. The summed E-state index contributed by atoms with van der Waals surface area (Å²) in [5.74, 6) is 1.14. The van der Waals surface area contributed by atoms with Gasteiger partial charge in [-0.05, 0) is 60.7 Å². The molecule has 0 heterocycles. The Bertz CT molecular complexity index is 781. The third kappa shape index (κ3) is 6.22. The quantitative estimate of drug-likeness (QED) is 0.639. The summed E-state index contributed by atoms with van der Waals surface area (Å²) in [7, 11) is 0. The first-order valence-corrected chi connectivity index (χ1v) is 9.36. The minimum Gasteiger partial charge on any atom is -0.484 e. The highest BCUT2D eigenvalue weighted by atomic mass is 16.5. The minimum atomic E-state index is -0.236. The molecule has 2 aromatic carbocycles. The molecule has 0 radical (unpaired) electrons. The number of carbonyl (C=O) groups is 2. The Balaban J connectivity index is 1.45. The molecule has 1 aliphatic carbocycles.